The monoisotopic (exact) mass is 209 g/mol. The standard InChI is InChI=1S/C12H16FNO/c1-4-15-12-6-5-10(7-11(12)13)14-8-9(2)3/h5-7,14H,2,4,8H2,1,3H3. The van der Waals surface area contributed by atoms with Crippen molar-refractivity contribution in [2.24, 2.45) is 0 Å². The van der Waals surface area contributed by atoms with Crippen LogP contribution >= 0.6 is 0 Å². The fourth-order valence-electron chi connectivity index (χ4n) is 1.14. The van der Waals surface area contributed by atoms with Gasteiger partial charge in [0.2, 0.25) is 0 Å². The van der Waals surface area contributed by atoms with Gasteiger partial charge in [0.05, 0.1) is 6.61 Å². The molecule has 2 nitrogen and oxygen atoms in total. The molecule has 82 valence electrons. The van der Waals surface area contributed by atoms with Crippen LogP contribution < -0.4 is 10.1 Å². The number of benzene rings is 1. The molecule has 0 unspecified atom stereocenters. The molecule has 0 bridgehead atoms. The highest BCUT2D eigenvalue weighted by Crippen LogP contribution is 2.21. The first-order chi connectivity index (χ1) is 7.13. The summed E-state index contributed by atoms with van der Waals surface area (Å²) in [6.07, 6.45) is 0. The van der Waals surface area contributed by atoms with E-state index < -0.39 is 0 Å². The van der Waals surface area contributed by atoms with Crippen molar-refractivity contribution in [2.75, 3.05) is 18.5 Å². The fraction of sp³-hybridized carbons (Fsp3) is 0.333. The van der Waals surface area contributed by atoms with Crippen LogP contribution in [0.25, 0.3) is 0 Å². The number of rotatable bonds is 5. The van der Waals surface area contributed by atoms with Crippen LogP contribution in [0.15, 0.2) is 30.4 Å². The van der Waals surface area contributed by atoms with Crippen molar-refractivity contribution in [1.82, 2.24) is 0 Å². The summed E-state index contributed by atoms with van der Waals surface area (Å²) < 4.78 is 18.5. The lowest BCUT2D eigenvalue weighted by molar-refractivity contribution is 0.321. The van der Waals surface area contributed by atoms with Gasteiger partial charge in [-0.15, -0.1) is 0 Å². The van der Waals surface area contributed by atoms with Gasteiger partial charge in [-0.1, -0.05) is 12.2 Å². The third-order valence-electron chi connectivity index (χ3n) is 1.83. The van der Waals surface area contributed by atoms with E-state index in [1.54, 1.807) is 12.1 Å². The fourth-order valence-corrected chi connectivity index (χ4v) is 1.14. The van der Waals surface area contributed by atoms with Gasteiger partial charge < -0.3 is 10.1 Å². The predicted molar refractivity (Wildman–Crippen MR) is 60.9 cm³/mol. The van der Waals surface area contributed by atoms with E-state index in [1.165, 1.54) is 6.07 Å². The Morgan fingerprint density at radius 2 is 2.27 bits per heavy atom. The van der Waals surface area contributed by atoms with Gasteiger partial charge in [0.1, 0.15) is 0 Å². The van der Waals surface area contributed by atoms with Crippen molar-refractivity contribution in [1.29, 1.82) is 0 Å². The van der Waals surface area contributed by atoms with Gasteiger partial charge >= 0.3 is 0 Å². The number of anilines is 1. The van der Waals surface area contributed by atoms with Gasteiger partial charge in [0, 0.05) is 18.3 Å². The summed E-state index contributed by atoms with van der Waals surface area (Å²) in [5.74, 6) is -0.0538. The second-order valence-electron chi connectivity index (χ2n) is 3.39. The van der Waals surface area contributed by atoms with Gasteiger partial charge in [-0.25, -0.2) is 4.39 Å². The molecule has 1 aromatic rings. The van der Waals surface area contributed by atoms with Gasteiger partial charge in [-0.3, -0.25) is 0 Å². The largest absolute Gasteiger partial charge is 0.491 e. The molecule has 0 amide bonds. The van der Waals surface area contributed by atoms with E-state index in [1.807, 2.05) is 13.8 Å². The minimum atomic E-state index is -0.344. The lowest BCUT2D eigenvalue weighted by Crippen LogP contribution is -2.02. The molecule has 0 radical (unpaired) electrons. The summed E-state index contributed by atoms with van der Waals surface area (Å²) in [5.41, 5.74) is 1.74. The Bertz CT molecular complexity index is 349. The minimum absolute atomic E-state index is 0.290. The van der Waals surface area contributed by atoms with E-state index in [9.17, 15) is 4.39 Å². The summed E-state index contributed by atoms with van der Waals surface area (Å²) in [7, 11) is 0. The topological polar surface area (TPSA) is 21.3 Å². The molecule has 0 aliphatic rings. The van der Waals surface area contributed by atoms with Crippen LogP contribution in [0, 0.1) is 5.82 Å². The van der Waals surface area contributed by atoms with E-state index in [-0.39, 0.29) is 5.82 Å². The van der Waals surface area contributed by atoms with Crippen molar-refractivity contribution in [3.8, 4) is 5.75 Å². The quantitative estimate of drug-likeness (QED) is 0.752. The van der Waals surface area contributed by atoms with Crippen molar-refractivity contribution in [3.63, 3.8) is 0 Å². The second kappa shape index (κ2) is 5.39. The zero-order valence-electron chi connectivity index (χ0n) is 9.14. The van der Waals surface area contributed by atoms with Gasteiger partial charge in [-0.2, -0.15) is 0 Å². The van der Waals surface area contributed by atoms with E-state index in [0.29, 0.717) is 18.9 Å². The molecule has 1 rings (SSSR count). The number of hydrogen-bond acceptors (Lipinski definition) is 2. The Balaban J connectivity index is 2.68. The maximum absolute atomic E-state index is 13.4. The molecule has 0 atom stereocenters. The molecular weight excluding hydrogens is 193 g/mol. The maximum Gasteiger partial charge on any atom is 0.167 e. The molecule has 0 heterocycles. The highest BCUT2D eigenvalue weighted by atomic mass is 19.1. The smallest absolute Gasteiger partial charge is 0.167 e. The summed E-state index contributed by atoms with van der Waals surface area (Å²) >= 11 is 0. The number of halogens is 1. The number of nitrogens with one attached hydrogen (secondary N) is 1. The molecule has 3 heteroatoms. The van der Waals surface area contributed by atoms with E-state index in [4.69, 9.17) is 4.74 Å². The molecule has 0 aromatic heterocycles. The second-order valence-corrected chi connectivity index (χ2v) is 3.39. The van der Waals surface area contributed by atoms with Gasteiger partial charge in [0.15, 0.2) is 11.6 Å². The molecule has 0 spiro atoms. The third-order valence-corrected chi connectivity index (χ3v) is 1.83. The first-order valence-electron chi connectivity index (χ1n) is 4.94. The van der Waals surface area contributed by atoms with Crippen LogP contribution in [0.5, 0.6) is 5.75 Å². The highest BCUT2D eigenvalue weighted by Gasteiger charge is 2.03. The van der Waals surface area contributed by atoms with Gasteiger partial charge in [-0.05, 0) is 26.0 Å². The molecule has 0 fully saturated rings. The van der Waals surface area contributed by atoms with Crippen molar-refractivity contribution in [3.05, 3.63) is 36.2 Å². The molecule has 0 aliphatic heterocycles. The van der Waals surface area contributed by atoms with E-state index in [0.717, 1.165) is 11.3 Å². The third kappa shape index (κ3) is 3.62. The summed E-state index contributed by atoms with van der Waals surface area (Å²) in [6.45, 7) is 8.61. The summed E-state index contributed by atoms with van der Waals surface area (Å²) in [6, 6.07) is 4.84. The maximum atomic E-state index is 13.4. The predicted octanol–water partition coefficient (Wildman–Crippen LogP) is 3.21. The molecule has 1 aromatic carbocycles. The van der Waals surface area contributed by atoms with Crippen LogP contribution in [-0.4, -0.2) is 13.2 Å². The van der Waals surface area contributed by atoms with Gasteiger partial charge in [0.25, 0.3) is 0 Å². The van der Waals surface area contributed by atoms with Crippen LogP contribution in [0.3, 0.4) is 0 Å². The Morgan fingerprint density at radius 3 is 2.80 bits per heavy atom. The average molecular weight is 209 g/mol. The zero-order valence-corrected chi connectivity index (χ0v) is 9.14. The van der Waals surface area contributed by atoms with Crippen LogP contribution in [0.4, 0.5) is 10.1 Å². The van der Waals surface area contributed by atoms with E-state index >= 15 is 0 Å². The molecule has 1 N–H and O–H groups in total. The Kier molecular flexibility index (Phi) is 4.16. The molecular formula is C12H16FNO. The number of hydrogen-bond donors (Lipinski definition) is 1. The van der Waals surface area contributed by atoms with Crippen molar-refractivity contribution >= 4 is 5.69 Å². The normalized spacial score (nSPS) is 9.80. The SMILES string of the molecule is C=C(C)CNc1ccc(OCC)c(F)c1. The molecule has 0 saturated carbocycles. The minimum Gasteiger partial charge on any atom is -0.491 e. The zero-order chi connectivity index (χ0) is 11.3. The van der Waals surface area contributed by atoms with Crippen molar-refractivity contribution in [2.45, 2.75) is 13.8 Å². The Labute approximate surface area is 89.8 Å². The molecule has 0 aliphatic carbocycles. The summed E-state index contributed by atoms with van der Waals surface area (Å²) in [4.78, 5) is 0. The molecule has 15 heavy (non-hydrogen) atoms. The van der Waals surface area contributed by atoms with Crippen molar-refractivity contribution < 1.29 is 9.13 Å². The van der Waals surface area contributed by atoms with E-state index in [2.05, 4.69) is 11.9 Å². The molecule has 0 saturated heterocycles. The van der Waals surface area contributed by atoms with Crippen LogP contribution in [-0.2, 0) is 0 Å². The van der Waals surface area contributed by atoms with Crippen LogP contribution in [0.1, 0.15) is 13.8 Å². The first kappa shape index (κ1) is 11.6. The first-order valence-corrected chi connectivity index (χ1v) is 4.94. The lowest BCUT2D eigenvalue weighted by Gasteiger charge is -2.08. The van der Waals surface area contributed by atoms with Crippen LogP contribution in [0.2, 0.25) is 0 Å². The lowest BCUT2D eigenvalue weighted by atomic mass is 10.2. The number of ether oxygens (including phenoxy) is 1. The summed E-state index contributed by atoms with van der Waals surface area (Å²) in [5, 5.41) is 3.06. The Hall–Kier alpha value is -1.51. The average Bonchev–Trinajstić information content (AvgIpc) is 2.19. The Morgan fingerprint density at radius 1 is 1.53 bits per heavy atom. The highest BCUT2D eigenvalue weighted by molar-refractivity contribution is 5.47.